The maximum absolute atomic E-state index is 13.4. The molecule has 0 spiro atoms. The van der Waals surface area contributed by atoms with Crippen molar-refractivity contribution in [3.05, 3.63) is 83.9 Å². The molecule has 0 amide bonds. The van der Waals surface area contributed by atoms with Crippen LogP contribution >= 0.6 is 11.8 Å². The summed E-state index contributed by atoms with van der Waals surface area (Å²) in [4.78, 5) is 26.6. The van der Waals surface area contributed by atoms with E-state index in [0.717, 1.165) is 12.0 Å². The van der Waals surface area contributed by atoms with Gasteiger partial charge in [0, 0.05) is 11.3 Å². The van der Waals surface area contributed by atoms with Crippen molar-refractivity contribution in [3.63, 3.8) is 0 Å². The molecular weight excluding hydrogens is 368 g/mol. The first-order chi connectivity index (χ1) is 13.5. The van der Waals surface area contributed by atoms with Gasteiger partial charge in [0.25, 0.3) is 0 Å². The Hall–Kier alpha value is -2.17. The number of fused-ring (bicyclic) bond motifs is 3. The molecule has 2 aliphatic rings. The number of hydrogen-bond acceptors (Lipinski definition) is 4. The van der Waals surface area contributed by atoms with E-state index in [2.05, 4.69) is 6.58 Å². The van der Waals surface area contributed by atoms with E-state index < -0.39 is 16.9 Å². The van der Waals surface area contributed by atoms with E-state index >= 15 is 0 Å². The van der Waals surface area contributed by atoms with E-state index in [4.69, 9.17) is 0 Å². The van der Waals surface area contributed by atoms with Crippen molar-refractivity contribution in [3.8, 4) is 0 Å². The molecular formula is C24H24O3S. The zero-order chi connectivity index (χ0) is 19.8. The number of allylic oxidation sites excluding steroid dienone is 1. The van der Waals surface area contributed by atoms with E-state index in [1.807, 2.05) is 48.5 Å². The number of Topliss-reactive ketones (excluding diaryl/α,β-unsaturated/α-hetero) is 1. The van der Waals surface area contributed by atoms with Crippen LogP contribution in [0.15, 0.2) is 67.3 Å². The molecule has 0 heterocycles. The highest BCUT2D eigenvalue weighted by Gasteiger charge is 2.67. The summed E-state index contributed by atoms with van der Waals surface area (Å²) in [6, 6.07) is 17.1. The number of rotatable bonds is 5. The smallest absolute Gasteiger partial charge is 0.195 e. The van der Waals surface area contributed by atoms with E-state index in [1.165, 1.54) is 11.8 Å². The number of carbonyl (C=O) groups is 2. The van der Waals surface area contributed by atoms with Crippen molar-refractivity contribution in [2.45, 2.75) is 37.0 Å². The van der Waals surface area contributed by atoms with Gasteiger partial charge in [0.2, 0.25) is 0 Å². The van der Waals surface area contributed by atoms with E-state index in [-0.39, 0.29) is 10.9 Å². The zero-order valence-corrected chi connectivity index (χ0v) is 16.6. The van der Waals surface area contributed by atoms with Gasteiger partial charge in [0.15, 0.2) is 10.9 Å². The van der Waals surface area contributed by atoms with Crippen molar-refractivity contribution < 1.29 is 14.7 Å². The van der Waals surface area contributed by atoms with Gasteiger partial charge in [-0.1, -0.05) is 78.9 Å². The topological polar surface area (TPSA) is 54.4 Å². The number of ketones is 1. The minimum absolute atomic E-state index is 0.0380. The first-order valence-electron chi connectivity index (χ1n) is 9.73. The summed E-state index contributed by atoms with van der Waals surface area (Å²) in [6.45, 7) is 3.83. The van der Waals surface area contributed by atoms with Gasteiger partial charge in [-0.3, -0.25) is 9.59 Å². The standard InChI is InChI=1S/C24H24O3S/c1-2-14-23-15-8-13-20(22(26)28-16-17-9-4-3-5-10-17)24(23,27)19-12-7-6-11-18(19)21(23)25/h2-7,9-12,20,27H,1,8,13-16H2/t20-,23-,24+/m0/s1. The molecule has 1 fully saturated rings. The molecule has 1 saturated carbocycles. The normalized spacial score (nSPS) is 28.5. The molecule has 1 N–H and O–H groups in total. The average Bonchev–Trinajstić information content (AvgIpc) is 2.92. The zero-order valence-electron chi connectivity index (χ0n) is 15.8. The molecule has 0 unspecified atom stereocenters. The van der Waals surface area contributed by atoms with Gasteiger partial charge in [0.1, 0.15) is 5.60 Å². The minimum atomic E-state index is -1.46. The number of benzene rings is 2. The van der Waals surface area contributed by atoms with E-state index in [1.54, 1.807) is 12.1 Å². The van der Waals surface area contributed by atoms with Gasteiger partial charge >= 0.3 is 0 Å². The Labute approximate surface area is 169 Å². The lowest BCUT2D eigenvalue weighted by Crippen LogP contribution is -2.55. The Morgan fingerprint density at radius 1 is 1.18 bits per heavy atom. The summed E-state index contributed by atoms with van der Waals surface area (Å²) in [7, 11) is 0. The summed E-state index contributed by atoms with van der Waals surface area (Å²) < 4.78 is 0. The van der Waals surface area contributed by atoms with Crippen LogP contribution in [0, 0.1) is 11.3 Å². The molecule has 0 aromatic heterocycles. The second kappa shape index (κ2) is 7.34. The Bertz CT molecular complexity index is 922. The fourth-order valence-electron chi connectivity index (χ4n) is 5.06. The van der Waals surface area contributed by atoms with Crippen molar-refractivity contribution >= 4 is 22.7 Å². The molecule has 28 heavy (non-hydrogen) atoms. The largest absolute Gasteiger partial charge is 0.383 e. The predicted octanol–water partition coefficient (Wildman–Crippen LogP) is 4.89. The third-order valence-corrected chi connectivity index (χ3v) is 7.40. The van der Waals surface area contributed by atoms with Gasteiger partial charge in [-0.15, -0.1) is 6.58 Å². The monoisotopic (exact) mass is 392 g/mol. The number of hydrogen-bond donors (Lipinski definition) is 1. The predicted molar refractivity (Wildman–Crippen MR) is 112 cm³/mol. The minimum Gasteiger partial charge on any atom is -0.383 e. The first-order valence-corrected chi connectivity index (χ1v) is 10.7. The van der Waals surface area contributed by atoms with E-state index in [0.29, 0.717) is 36.1 Å². The Kier molecular flexibility index (Phi) is 5.02. The van der Waals surface area contributed by atoms with Crippen LogP contribution in [0.2, 0.25) is 0 Å². The van der Waals surface area contributed by atoms with Gasteiger partial charge in [0.05, 0.1) is 11.3 Å². The molecule has 2 aromatic carbocycles. The highest BCUT2D eigenvalue weighted by Crippen LogP contribution is 2.62. The SMILES string of the molecule is C=CC[C@@]12CCC[C@@H](C(=O)SCc3ccccc3)[C@]1(O)c1ccccc1C2=O. The lowest BCUT2D eigenvalue weighted by molar-refractivity contribution is -0.149. The van der Waals surface area contributed by atoms with Crippen LogP contribution in [0.1, 0.15) is 47.2 Å². The Morgan fingerprint density at radius 2 is 1.89 bits per heavy atom. The highest BCUT2D eigenvalue weighted by molar-refractivity contribution is 8.13. The summed E-state index contributed by atoms with van der Waals surface area (Å²) in [5.41, 5.74) is -0.207. The summed E-state index contributed by atoms with van der Waals surface area (Å²) >= 11 is 1.24. The summed E-state index contributed by atoms with van der Waals surface area (Å²) in [5.74, 6) is -0.0744. The van der Waals surface area contributed by atoms with Crippen molar-refractivity contribution in [1.82, 2.24) is 0 Å². The van der Waals surface area contributed by atoms with Gasteiger partial charge in [-0.25, -0.2) is 0 Å². The molecule has 3 nitrogen and oxygen atoms in total. The third kappa shape index (κ3) is 2.70. The van der Waals surface area contributed by atoms with Gasteiger partial charge in [-0.2, -0.15) is 0 Å². The van der Waals surface area contributed by atoms with E-state index in [9.17, 15) is 14.7 Å². The molecule has 0 aliphatic heterocycles. The molecule has 144 valence electrons. The van der Waals surface area contributed by atoms with Crippen molar-refractivity contribution in [2.75, 3.05) is 0 Å². The van der Waals surface area contributed by atoms with Crippen LogP contribution in [0.3, 0.4) is 0 Å². The second-order valence-electron chi connectivity index (χ2n) is 7.75. The lowest BCUT2D eigenvalue weighted by atomic mass is 9.57. The van der Waals surface area contributed by atoms with Crippen LogP contribution in [0.5, 0.6) is 0 Å². The summed E-state index contributed by atoms with van der Waals surface area (Å²) in [5, 5.41) is 12.0. The third-order valence-electron chi connectivity index (χ3n) is 6.35. The molecule has 4 heteroatoms. The lowest BCUT2D eigenvalue weighted by Gasteiger charge is -2.49. The maximum Gasteiger partial charge on any atom is 0.195 e. The quantitative estimate of drug-likeness (QED) is 0.736. The fraction of sp³-hybridized carbons (Fsp3) is 0.333. The van der Waals surface area contributed by atoms with Crippen LogP contribution in [-0.4, -0.2) is 16.0 Å². The molecule has 3 atom stereocenters. The Balaban J connectivity index is 1.71. The van der Waals surface area contributed by atoms with Crippen molar-refractivity contribution in [2.24, 2.45) is 11.3 Å². The molecule has 2 aliphatic carbocycles. The van der Waals surface area contributed by atoms with Crippen LogP contribution < -0.4 is 0 Å². The van der Waals surface area contributed by atoms with Crippen LogP contribution in [0.4, 0.5) is 0 Å². The number of aliphatic hydroxyl groups is 1. The second-order valence-corrected chi connectivity index (χ2v) is 8.73. The number of thioether (sulfide) groups is 1. The molecule has 0 radical (unpaired) electrons. The van der Waals surface area contributed by atoms with Gasteiger partial charge < -0.3 is 5.11 Å². The number of carbonyl (C=O) groups excluding carboxylic acids is 2. The van der Waals surface area contributed by atoms with Crippen LogP contribution in [0.25, 0.3) is 0 Å². The fourth-order valence-corrected chi connectivity index (χ4v) is 6.05. The maximum atomic E-state index is 13.4. The molecule has 2 aromatic rings. The Morgan fingerprint density at radius 3 is 2.64 bits per heavy atom. The first kappa shape index (κ1) is 19.2. The molecule has 4 rings (SSSR count). The molecule has 0 bridgehead atoms. The van der Waals surface area contributed by atoms with Gasteiger partial charge in [-0.05, 0) is 30.4 Å². The summed E-state index contributed by atoms with van der Waals surface area (Å²) in [6.07, 6.45) is 4.01. The van der Waals surface area contributed by atoms with Crippen molar-refractivity contribution in [1.29, 1.82) is 0 Å². The highest BCUT2D eigenvalue weighted by atomic mass is 32.2. The van der Waals surface area contributed by atoms with Crippen LogP contribution in [-0.2, 0) is 16.1 Å². The average molecular weight is 393 g/mol. The molecule has 0 saturated heterocycles.